The third kappa shape index (κ3) is 6.79. The molecule has 1 aliphatic heterocycles. The molecule has 0 fully saturated rings. The van der Waals surface area contributed by atoms with E-state index in [1.807, 2.05) is 0 Å². The number of allylic oxidation sites excluding steroid dienone is 2. The number of nitrogens with zero attached hydrogens (tertiary/aromatic N) is 1. The Morgan fingerprint density at radius 2 is 1.76 bits per heavy atom. The van der Waals surface area contributed by atoms with Gasteiger partial charge in [-0.2, -0.15) is 0 Å². The van der Waals surface area contributed by atoms with Gasteiger partial charge in [-0.3, -0.25) is 14.9 Å². The van der Waals surface area contributed by atoms with Crippen LogP contribution in [0.4, 0.5) is 5.69 Å². The van der Waals surface area contributed by atoms with Crippen molar-refractivity contribution >= 4 is 17.6 Å². The number of ether oxygens (including phenoxy) is 1. The fourth-order valence-electron chi connectivity index (χ4n) is 4.16. The quantitative estimate of drug-likeness (QED) is 0.138. The van der Waals surface area contributed by atoms with Crippen molar-refractivity contribution in [1.82, 2.24) is 10.6 Å². The zero-order valence-electron chi connectivity index (χ0n) is 20.3. The first-order valence-electron chi connectivity index (χ1n) is 11.8. The van der Waals surface area contributed by atoms with Gasteiger partial charge in [0.15, 0.2) is 0 Å². The molecule has 8 heteroatoms. The summed E-state index contributed by atoms with van der Waals surface area (Å²) in [5.41, 5.74) is 1.58. The number of rotatable bonds is 13. The Bertz CT molecular complexity index is 980. The van der Waals surface area contributed by atoms with Gasteiger partial charge in [-0.1, -0.05) is 63.3 Å². The van der Waals surface area contributed by atoms with Crippen molar-refractivity contribution in [3.05, 3.63) is 75.1 Å². The molecule has 1 aromatic carbocycles. The van der Waals surface area contributed by atoms with Crippen LogP contribution in [0, 0.1) is 10.1 Å². The summed E-state index contributed by atoms with van der Waals surface area (Å²) in [5, 5.41) is 17.6. The van der Waals surface area contributed by atoms with Gasteiger partial charge in [-0.05, 0) is 20.3 Å². The van der Waals surface area contributed by atoms with Gasteiger partial charge in [0, 0.05) is 35.1 Å². The van der Waals surface area contributed by atoms with Crippen molar-refractivity contribution in [2.75, 3.05) is 13.2 Å². The molecule has 0 bridgehead atoms. The first kappa shape index (κ1) is 26.8. The van der Waals surface area contributed by atoms with Crippen molar-refractivity contribution in [3.8, 4) is 0 Å². The molecule has 34 heavy (non-hydrogen) atoms. The van der Waals surface area contributed by atoms with E-state index in [9.17, 15) is 19.7 Å². The number of nitro groups is 1. The summed E-state index contributed by atoms with van der Waals surface area (Å²) in [6, 6.07) is 6.18. The second-order valence-corrected chi connectivity index (χ2v) is 8.35. The van der Waals surface area contributed by atoms with E-state index in [1.165, 1.54) is 12.5 Å². The molecule has 0 aliphatic carbocycles. The molecule has 0 radical (unpaired) electrons. The van der Waals surface area contributed by atoms with E-state index in [-0.39, 0.29) is 35.5 Å². The van der Waals surface area contributed by atoms with Crippen LogP contribution < -0.4 is 10.6 Å². The maximum atomic E-state index is 13.2. The minimum atomic E-state index is -0.940. The van der Waals surface area contributed by atoms with Crippen LogP contribution in [0.15, 0.2) is 59.5 Å². The number of amides is 1. The molecule has 1 amide bonds. The molecular formula is C26H35N3O5. The third-order valence-corrected chi connectivity index (χ3v) is 5.81. The summed E-state index contributed by atoms with van der Waals surface area (Å²) >= 11 is 0. The molecule has 0 spiro atoms. The van der Waals surface area contributed by atoms with E-state index in [2.05, 4.69) is 24.1 Å². The molecule has 2 N–H and O–H groups in total. The number of dihydropyridines is 1. The predicted molar refractivity (Wildman–Crippen MR) is 132 cm³/mol. The van der Waals surface area contributed by atoms with Gasteiger partial charge in [0.05, 0.1) is 23.0 Å². The van der Waals surface area contributed by atoms with Gasteiger partial charge in [-0.15, -0.1) is 6.58 Å². The second-order valence-electron chi connectivity index (χ2n) is 8.35. The van der Waals surface area contributed by atoms with Gasteiger partial charge in [0.1, 0.15) is 0 Å². The number of carbonyl (C=O) groups excluding carboxylic acids is 2. The lowest BCUT2D eigenvalue weighted by Crippen LogP contribution is -2.36. The molecule has 2 rings (SSSR count). The lowest BCUT2D eigenvalue weighted by Gasteiger charge is -2.30. The molecule has 0 aromatic heterocycles. The van der Waals surface area contributed by atoms with Gasteiger partial charge in [0.2, 0.25) is 5.91 Å². The number of hydrogen-bond acceptors (Lipinski definition) is 6. The SMILES string of the molecule is C=CCNC(=O)C1=C(C)NC(C)=C(C(=O)OCCCCCCCC)C1c1ccccc1[N+](=O)[O-]. The van der Waals surface area contributed by atoms with Crippen LogP contribution in [0.1, 0.15) is 70.8 Å². The molecule has 0 saturated carbocycles. The summed E-state index contributed by atoms with van der Waals surface area (Å²) in [6.07, 6.45) is 7.85. The van der Waals surface area contributed by atoms with E-state index in [0.717, 1.165) is 32.1 Å². The summed E-state index contributed by atoms with van der Waals surface area (Å²) < 4.78 is 5.58. The fraction of sp³-hybridized carbons (Fsp3) is 0.462. The molecule has 1 aromatic rings. The highest BCUT2D eigenvalue weighted by Gasteiger charge is 2.40. The largest absolute Gasteiger partial charge is 0.462 e. The number of carbonyl (C=O) groups is 2. The van der Waals surface area contributed by atoms with Gasteiger partial charge in [-0.25, -0.2) is 4.79 Å². The minimum absolute atomic E-state index is 0.162. The number of nitro benzene ring substituents is 1. The molecule has 184 valence electrons. The fourth-order valence-corrected chi connectivity index (χ4v) is 4.16. The van der Waals surface area contributed by atoms with Crippen LogP contribution in [0.25, 0.3) is 0 Å². The lowest BCUT2D eigenvalue weighted by atomic mass is 9.79. The Labute approximate surface area is 201 Å². The molecule has 1 atom stereocenters. The number of benzene rings is 1. The van der Waals surface area contributed by atoms with Crippen LogP contribution in [0.3, 0.4) is 0 Å². The lowest BCUT2D eigenvalue weighted by molar-refractivity contribution is -0.385. The van der Waals surface area contributed by atoms with E-state index in [1.54, 1.807) is 38.1 Å². The van der Waals surface area contributed by atoms with Crippen LogP contribution in [0.5, 0.6) is 0 Å². The topological polar surface area (TPSA) is 111 Å². The number of para-hydroxylation sites is 1. The van der Waals surface area contributed by atoms with E-state index in [0.29, 0.717) is 11.4 Å². The Balaban J connectivity index is 2.38. The summed E-state index contributed by atoms with van der Waals surface area (Å²) in [5.74, 6) is -1.95. The van der Waals surface area contributed by atoms with Crippen molar-refractivity contribution in [3.63, 3.8) is 0 Å². The molecular weight excluding hydrogens is 434 g/mol. The highest BCUT2D eigenvalue weighted by molar-refractivity contribution is 6.02. The summed E-state index contributed by atoms with van der Waals surface area (Å²) in [6.45, 7) is 9.68. The van der Waals surface area contributed by atoms with Crippen molar-refractivity contribution in [1.29, 1.82) is 0 Å². The maximum Gasteiger partial charge on any atom is 0.336 e. The van der Waals surface area contributed by atoms with Crippen molar-refractivity contribution in [2.45, 2.75) is 65.2 Å². The van der Waals surface area contributed by atoms with E-state index < -0.39 is 22.7 Å². The van der Waals surface area contributed by atoms with Crippen molar-refractivity contribution in [2.24, 2.45) is 0 Å². The molecule has 8 nitrogen and oxygen atoms in total. The normalized spacial score (nSPS) is 15.6. The highest BCUT2D eigenvalue weighted by atomic mass is 16.6. The standard InChI is InChI=1S/C26H35N3O5/c1-5-7-8-9-10-13-17-34-26(31)23-19(4)28-18(3)22(25(30)27-16-6-2)24(23)20-14-11-12-15-21(20)29(32)33/h6,11-12,14-15,24,28H,2,5,7-10,13,16-17H2,1,3-4H3,(H,27,30). The van der Waals surface area contributed by atoms with Crippen molar-refractivity contribution < 1.29 is 19.2 Å². The molecule has 1 unspecified atom stereocenters. The van der Waals surface area contributed by atoms with Gasteiger partial charge >= 0.3 is 5.97 Å². The van der Waals surface area contributed by atoms with Gasteiger partial charge in [0.25, 0.3) is 5.69 Å². The number of unbranched alkanes of at least 4 members (excludes halogenated alkanes) is 5. The molecule has 0 saturated heterocycles. The summed E-state index contributed by atoms with van der Waals surface area (Å²) in [4.78, 5) is 37.6. The first-order valence-corrected chi connectivity index (χ1v) is 11.8. The van der Waals surface area contributed by atoms with Gasteiger partial charge < -0.3 is 15.4 Å². The van der Waals surface area contributed by atoms with E-state index >= 15 is 0 Å². The Morgan fingerprint density at radius 1 is 1.12 bits per heavy atom. The molecule has 1 heterocycles. The zero-order valence-corrected chi connectivity index (χ0v) is 20.3. The average Bonchev–Trinajstić information content (AvgIpc) is 2.81. The monoisotopic (exact) mass is 469 g/mol. The zero-order chi connectivity index (χ0) is 25.1. The van der Waals surface area contributed by atoms with Crippen LogP contribution in [-0.2, 0) is 14.3 Å². The first-order chi connectivity index (χ1) is 16.3. The number of esters is 1. The van der Waals surface area contributed by atoms with Crippen LogP contribution in [-0.4, -0.2) is 30.0 Å². The Hall–Kier alpha value is -3.42. The average molecular weight is 470 g/mol. The highest BCUT2D eigenvalue weighted by Crippen LogP contribution is 2.42. The number of hydrogen-bond donors (Lipinski definition) is 2. The maximum absolute atomic E-state index is 13.2. The van der Waals surface area contributed by atoms with Crippen LogP contribution >= 0.6 is 0 Å². The molecule has 1 aliphatic rings. The Morgan fingerprint density at radius 3 is 2.44 bits per heavy atom. The number of nitrogens with one attached hydrogen (secondary N) is 2. The second kappa shape index (κ2) is 13.3. The van der Waals surface area contributed by atoms with Crippen LogP contribution in [0.2, 0.25) is 0 Å². The third-order valence-electron chi connectivity index (χ3n) is 5.81. The smallest absolute Gasteiger partial charge is 0.336 e. The summed E-state index contributed by atoms with van der Waals surface area (Å²) in [7, 11) is 0. The van der Waals surface area contributed by atoms with E-state index in [4.69, 9.17) is 4.74 Å². The minimum Gasteiger partial charge on any atom is -0.462 e. The Kier molecular flexibility index (Phi) is 10.5. The predicted octanol–water partition coefficient (Wildman–Crippen LogP) is 5.04.